The van der Waals surface area contributed by atoms with Gasteiger partial charge in [0.1, 0.15) is 5.82 Å². The molecule has 0 aliphatic heterocycles. The molecule has 2 rings (SSSR count). The fourth-order valence-electron chi connectivity index (χ4n) is 1.88. The normalized spacial score (nSPS) is 11.8. The maximum absolute atomic E-state index is 13.6. The van der Waals surface area contributed by atoms with Crippen molar-refractivity contribution in [3.63, 3.8) is 0 Å². The highest BCUT2D eigenvalue weighted by atomic mass is 35.5. The van der Waals surface area contributed by atoms with E-state index >= 15 is 0 Å². The van der Waals surface area contributed by atoms with Gasteiger partial charge in [0.15, 0.2) is 0 Å². The van der Waals surface area contributed by atoms with Crippen LogP contribution in [0.2, 0.25) is 5.02 Å². The minimum Gasteiger partial charge on any atom is -0.331 e. The molecule has 0 fully saturated rings. The summed E-state index contributed by atoms with van der Waals surface area (Å²) in [6.07, 6.45) is 0. The number of halogens is 2. The third-order valence-electron chi connectivity index (χ3n) is 3.10. The summed E-state index contributed by atoms with van der Waals surface area (Å²) in [5.41, 5.74) is 2.22. The summed E-state index contributed by atoms with van der Waals surface area (Å²) in [4.78, 5) is 11.9. The van der Waals surface area contributed by atoms with Crippen molar-refractivity contribution in [2.45, 2.75) is 19.9 Å². The lowest BCUT2D eigenvalue weighted by molar-refractivity contribution is 0.249. The summed E-state index contributed by atoms with van der Waals surface area (Å²) in [7, 11) is 0. The predicted octanol–water partition coefficient (Wildman–Crippen LogP) is 4.67. The molecule has 0 aromatic heterocycles. The van der Waals surface area contributed by atoms with Crippen molar-refractivity contribution < 1.29 is 9.18 Å². The lowest BCUT2D eigenvalue weighted by atomic mass is 10.1. The van der Waals surface area contributed by atoms with Crippen LogP contribution in [0.1, 0.15) is 24.1 Å². The minimum absolute atomic E-state index is 0.0907. The second-order valence-corrected chi connectivity index (χ2v) is 5.29. The number of urea groups is 1. The quantitative estimate of drug-likeness (QED) is 0.850. The van der Waals surface area contributed by atoms with E-state index in [4.69, 9.17) is 11.6 Å². The molecule has 2 amide bonds. The highest BCUT2D eigenvalue weighted by Crippen LogP contribution is 2.19. The summed E-state index contributed by atoms with van der Waals surface area (Å²) in [6.45, 7) is 3.86. The molecule has 0 radical (unpaired) electrons. The highest BCUT2D eigenvalue weighted by Gasteiger charge is 2.11. The van der Waals surface area contributed by atoms with Crippen LogP contribution in [0.5, 0.6) is 0 Å². The standard InChI is InChI=1S/C16H16ClFN2O/c1-10-3-5-12(6-4-10)11(2)19-16(21)20-15-8-7-13(17)9-14(15)18/h3-9,11H,1-2H3,(H2,19,20,21). The van der Waals surface area contributed by atoms with Gasteiger partial charge in [-0.25, -0.2) is 9.18 Å². The van der Waals surface area contributed by atoms with Crippen LogP contribution in [0.15, 0.2) is 42.5 Å². The third-order valence-corrected chi connectivity index (χ3v) is 3.34. The van der Waals surface area contributed by atoms with Gasteiger partial charge in [-0.3, -0.25) is 0 Å². The van der Waals surface area contributed by atoms with Gasteiger partial charge in [-0.15, -0.1) is 0 Å². The molecule has 0 spiro atoms. The van der Waals surface area contributed by atoms with Crippen LogP contribution in [-0.4, -0.2) is 6.03 Å². The topological polar surface area (TPSA) is 41.1 Å². The van der Waals surface area contributed by atoms with Crippen LogP contribution in [0, 0.1) is 12.7 Å². The van der Waals surface area contributed by atoms with E-state index in [0.29, 0.717) is 0 Å². The Morgan fingerprint density at radius 1 is 1.19 bits per heavy atom. The zero-order valence-corrected chi connectivity index (χ0v) is 12.5. The van der Waals surface area contributed by atoms with E-state index in [2.05, 4.69) is 10.6 Å². The first kappa shape index (κ1) is 15.3. The average molecular weight is 307 g/mol. The van der Waals surface area contributed by atoms with Gasteiger partial charge in [0.25, 0.3) is 0 Å². The second-order valence-electron chi connectivity index (χ2n) is 4.86. The Labute approximate surface area is 128 Å². The van der Waals surface area contributed by atoms with E-state index in [1.54, 1.807) is 0 Å². The van der Waals surface area contributed by atoms with Crippen LogP contribution in [0.3, 0.4) is 0 Å². The SMILES string of the molecule is Cc1ccc(C(C)NC(=O)Nc2ccc(Cl)cc2F)cc1. The monoisotopic (exact) mass is 306 g/mol. The van der Waals surface area contributed by atoms with Crippen molar-refractivity contribution in [3.05, 3.63) is 64.4 Å². The number of hydrogen-bond acceptors (Lipinski definition) is 1. The molecule has 0 heterocycles. The van der Waals surface area contributed by atoms with E-state index < -0.39 is 11.8 Å². The fourth-order valence-corrected chi connectivity index (χ4v) is 2.04. The van der Waals surface area contributed by atoms with Crippen LogP contribution in [0.4, 0.5) is 14.9 Å². The molecule has 1 unspecified atom stereocenters. The van der Waals surface area contributed by atoms with Gasteiger partial charge in [-0.05, 0) is 37.6 Å². The van der Waals surface area contributed by atoms with E-state index in [-0.39, 0.29) is 16.8 Å². The van der Waals surface area contributed by atoms with E-state index in [9.17, 15) is 9.18 Å². The maximum atomic E-state index is 13.6. The van der Waals surface area contributed by atoms with Gasteiger partial charge in [-0.1, -0.05) is 41.4 Å². The summed E-state index contributed by atoms with van der Waals surface area (Å²) in [6, 6.07) is 11.3. The maximum Gasteiger partial charge on any atom is 0.319 e. The van der Waals surface area contributed by atoms with Crippen molar-refractivity contribution in [2.24, 2.45) is 0 Å². The minimum atomic E-state index is -0.569. The number of hydrogen-bond donors (Lipinski definition) is 2. The van der Waals surface area contributed by atoms with E-state index in [1.807, 2.05) is 38.1 Å². The number of nitrogens with one attached hydrogen (secondary N) is 2. The van der Waals surface area contributed by atoms with Gasteiger partial charge in [-0.2, -0.15) is 0 Å². The second kappa shape index (κ2) is 6.59. The first-order chi connectivity index (χ1) is 9.95. The molecule has 2 N–H and O–H groups in total. The summed E-state index contributed by atoms with van der Waals surface area (Å²) in [5, 5.41) is 5.51. The first-order valence-corrected chi connectivity index (χ1v) is 6.92. The average Bonchev–Trinajstić information content (AvgIpc) is 2.42. The molecule has 2 aromatic rings. The summed E-state index contributed by atoms with van der Waals surface area (Å²) >= 11 is 5.66. The molecular weight excluding hydrogens is 291 g/mol. The van der Waals surface area contributed by atoms with Crippen LogP contribution >= 0.6 is 11.6 Å². The van der Waals surface area contributed by atoms with Gasteiger partial charge in [0, 0.05) is 5.02 Å². The Bertz CT molecular complexity index is 643. The fraction of sp³-hybridized carbons (Fsp3) is 0.188. The lowest BCUT2D eigenvalue weighted by Gasteiger charge is -2.15. The molecule has 3 nitrogen and oxygen atoms in total. The van der Waals surface area contributed by atoms with Crippen molar-refractivity contribution in [3.8, 4) is 0 Å². The van der Waals surface area contributed by atoms with Crippen molar-refractivity contribution >= 4 is 23.3 Å². The smallest absolute Gasteiger partial charge is 0.319 e. The number of rotatable bonds is 3. The Kier molecular flexibility index (Phi) is 4.81. The third kappa shape index (κ3) is 4.20. The molecule has 5 heteroatoms. The Hall–Kier alpha value is -2.07. The lowest BCUT2D eigenvalue weighted by Crippen LogP contribution is -2.31. The van der Waals surface area contributed by atoms with Crippen molar-refractivity contribution in [1.29, 1.82) is 0 Å². The number of amides is 2. The zero-order chi connectivity index (χ0) is 15.4. The number of benzene rings is 2. The molecule has 1 atom stereocenters. The Morgan fingerprint density at radius 3 is 2.48 bits per heavy atom. The zero-order valence-electron chi connectivity index (χ0n) is 11.8. The van der Waals surface area contributed by atoms with E-state index in [0.717, 1.165) is 17.2 Å². The molecule has 0 saturated heterocycles. The molecule has 0 bridgehead atoms. The summed E-state index contributed by atoms with van der Waals surface area (Å²) < 4.78 is 13.6. The van der Waals surface area contributed by atoms with Gasteiger partial charge >= 0.3 is 6.03 Å². The summed E-state index contributed by atoms with van der Waals surface area (Å²) in [5.74, 6) is -0.569. The predicted molar refractivity (Wildman–Crippen MR) is 83.2 cm³/mol. The van der Waals surface area contributed by atoms with Gasteiger partial charge < -0.3 is 10.6 Å². The number of carbonyl (C=O) groups excluding carboxylic acids is 1. The first-order valence-electron chi connectivity index (χ1n) is 6.55. The molecule has 0 saturated carbocycles. The molecule has 2 aromatic carbocycles. The Balaban J connectivity index is 1.99. The highest BCUT2D eigenvalue weighted by molar-refractivity contribution is 6.30. The molecular formula is C16H16ClFN2O. The van der Waals surface area contributed by atoms with Gasteiger partial charge in [0.05, 0.1) is 11.7 Å². The Morgan fingerprint density at radius 2 is 1.86 bits per heavy atom. The largest absolute Gasteiger partial charge is 0.331 e. The van der Waals surface area contributed by atoms with Crippen LogP contribution in [-0.2, 0) is 0 Å². The van der Waals surface area contributed by atoms with Crippen molar-refractivity contribution in [2.75, 3.05) is 5.32 Å². The van der Waals surface area contributed by atoms with E-state index in [1.165, 1.54) is 12.1 Å². The van der Waals surface area contributed by atoms with Crippen LogP contribution < -0.4 is 10.6 Å². The molecule has 0 aliphatic rings. The molecule has 0 aliphatic carbocycles. The number of anilines is 1. The molecule has 21 heavy (non-hydrogen) atoms. The van der Waals surface area contributed by atoms with Gasteiger partial charge in [0.2, 0.25) is 0 Å². The van der Waals surface area contributed by atoms with Crippen molar-refractivity contribution in [1.82, 2.24) is 5.32 Å². The number of aryl methyl sites for hydroxylation is 1. The number of carbonyl (C=O) groups is 1. The molecule has 110 valence electrons. The van der Waals surface area contributed by atoms with Crippen LogP contribution in [0.25, 0.3) is 0 Å².